The molecule has 3 fully saturated rings. The quantitative estimate of drug-likeness (QED) is 0.382. The summed E-state index contributed by atoms with van der Waals surface area (Å²) in [6.07, 6.45) is 2.02. The van der Waals surface area contributed by atoms with Crippen LogP contribution in [0.2, 0.25) is 0 Å². The fourth-order valence-electron chi connectivity index (χ4n) is 5.32. The van der Waals surface area contributed by atoms with Crippen molar-refractivity contribution in [3.63, 3.8) is 0 Å². The highest BCUT2D eigenvalue weighted by Crippen LogP contribution is 2.39. The number of pyridine rings is 1. The van der Waals surface area contributed by atoms with Crippen LogP contribution in [-0.2, 0) is 24.1 Å². The first-order valence-electron chi connectivity index (χ1n) is 13.5. The molecule has 1 amide bonds. The topological polar surface area (TPSA) is 124 Å². The van der Waals surface area contributed by atoms with Crippen LogP contribution in [0.15, 0.2) is 29.2 Å². The largest absolute Gasteiger partial charge is 0.381 e. The predicted octanol–water partition coefficient (Wildman–Crippen LogP) is 5.07. The molecule has 2 unspecified atom stereocenters. The van der Waals surface area contributed by atoms with Crippen molar-refractivity contribution in [2.45, 2.75) is 62.0 Å². The fourth-order valence-corrected chi connectivity index (χ4v) is 6.19. The highest BCUT2D eigenvalue weighted by molar-refractivity contribution is 7.90. The van der Waals surface area contributed by atoms with Crippen molar-refractivity contribution in [3.05, 3.63) is 35.7 Å². The van der Waals surface area contributed by atoms with Crippen molar-refractivity contribution in [1.29, 1.82) is 0 Å². The normalized spacial score (nSPS) is 21.7. The number of carbonyl (C=O) groups is 1. The zero-order chi connectivity index (χ0) is 28.0. The Hall–Kier alpha value is -3.16. The molecular formula is C27H31F2N5O5S. The van der Waals surface area contributed by atoms with Gasteiger partial charge in [-0.05, 0) is 56.2 Å². The van der Waals surface area contributed by atoms with E-state index in [2.05, 4.69) is 20.6 Å². The van der Waals surface area contributed by atoms with Crippen LogP contribution in [0.4, 0.5) is 26.0 Å². The van der Waals surface area contributed by atoms with Crippen LogP contribution in [0.1, 0.15) is 68.5 Å². The minimum Gasteiger partial charge on any atom is -0.381 e. The number of halogens is 2. The summed E-state index contributed by atoms with van der Waals surface area (Å²) in [6.45, 7) is 1.55. The monoisotopic (exact) mass is 575 g/mol. The maximum absolute atomic E-state index is 14.3. The number of carbonyl (C=O) groups excluding carboxylic acids is 1. The summed E-state index contributed by atoms with van der Waals surface area (Å²) in [7, 11) is -3.68. The molecule has 2 N–H and O–H groups in total. The van der Waals surface area contributed by atoms with E-state index in [0.717, 1.165) is 43.9 Å². The van der Waals surface area contributed by atoms with Gasteiger partial charge in [-0.2, -0.15) is 0 Å². The van der Waals surface area contributed by atoms with Gasteiger partial charge in [-0.15, -0.1) is 0 Å². The van der Waals surface area contributed by atoms with E-state index in [1.807, 2.05) is 6.07 Å². The molecule has 13 heteroatoms. The molecule has 2 atom stereocenters. The maximum Gasteiger partial charge on any atom is 0.295 e. The average Bonchev–Trinajstić information content (AvgIpc) is 3.49. The molecule has 40 heavy (non-hydrogen) atoms. The summed E-state index contributed by atoms with van der Waals surface area (Å²) >= 11 is 0. The third-order valence-electron chi connectivity index (χ3n) is 7.59. The lowest BCUT2D eigenvalue weighted by molar-refractivity contribution is -0.117. The van der Waals surface area contributed by atoms with E-state index in [-0.39, 0.29) is 51.0 Å². The number of hydrogen-bond acceptors (Lipinski definition) is 8. The minimum atomic E-state index is -3.68. The lowest BCUT2D eigenvalue weighted by Gasteiger charge is -2.25. The lowest BCUT2D eigenvalue weighted by atomic mass is 9.98. The highest BCUT2D eigenvalue weighted by atomic mass is 32.2. The van der Waals surface area contributed by atoms with Crippen molar-refractivity contribution >= 4 is 44.1 Å². The summed E-state index contributed by atoms with van der Waals surface area (Å²) in [5.74, 6) is -0.563. The smallest absolute Gasteiger partial charge is 0.295 e. The number of ether oxygens (including phenoxy) is 2. The number of rotatable bonds is 8. The van der Waals surface area contributed by atoms with Gasteiger partial charge in [0.05, 0.1) is 22.9 Å². The zero-order valence-electron chi connectivity index (χ0n) is 22.0. The molecule has 2 aliphatic heterocycles. The number of nitrogens with one attached hydrogen (secondary N) is 2. The maximum atomic E-state index is 14.3. The SMILES string of the molecule is CS(=O)(=O)c1cc(C2CCOC2)ccc1Nc1cc(NC(=O)C2CC2)nc2c1nc(C(F)F)n2C1CCCCO1. The molecule has 2 saturated heterocycles. The molecule has 0 spiro atoms. The first kappa shape index (κ1) is 27.0. The number of amides is 1. The fraction of sp³-hybridized carbons (Fsp3) is 0.519. The lowest BCUT2D eigenvalue weighted by Crippen LogP contribution is -2.21. The van der Waals surface area contributed by atoms with Gasteiger partial charge >= 0.3 is 0 Å². The molecule has 6 rings (SSSR count). The number of fused-ring (bicyclic) bond motifs is 1. The first-order chi connectivity index (χ1) is 19.2. The van der Waals surface area contributed by atoms with Crippen LogP contribution in [0.25, 0.3) is 11.2 Å². The van der Waals surface area contributed by atoms with Crippen LogP contribution in [0.3, 0.4) is 0 Å². The van der Waals surface area contributed by atoms with Crippen molar-refractivity contribution in [3.8, 4) is 0 Å². The van der Waals surface area contributed by atoms with E-state index >= 15 is 0 Å². The van der Waals surface area contributed by atoms with Crippen LogP contribution in [-0.4, -0.2) is 54.9 Å². The van der Waals surface area contributed by atoms with Crippen LogP contribution in [0.5, 0.6) is 0 Å². The van der Waals surface area contributed by atoms with Gasteiger partial charge in [0, 0.05) is 37.4 Å². The zero-order valence-corrected chi connectivity index (χ0v) is 22.8. The van der Waals surface area contributed by atoms with E-state index in [4.69, 9.17) is 9.47 Å². The third-order valence-corrected chi connectivity index (χ3v) is 8.73. The van der Waals surface area contributed by atoms with Crippen LogP contribution >= 0.6 is 0 Å². The van der Waals surface area contributed by atoms with Crippen molar-refractivity contribution < 1.29 is 31.5 Å². The van der Waals surface area contributed by atoms with Crippen LogP contribution in [0, 0.1) is 5.92 Å². The van der Waals surface area contributed by atoms with Crippen molar-refractivity contribution in [1.82, 2.24) is 14.5 Å². The molecule has 10 nitrogen and oxygen atoms in total. The Kier molecular flexibility index (Phi) is 7.21. The van der Waals surface area contributed by atoms with Gasteiger partial charge in [-0.25, -0.2) is 27.2 Å². The standard InChI is InChI=1S/C27H31F2N5O5S/c1-40(36,37)20-12-16(17-9-11-38-14-17)7-8-18(20)30-19-13-21(32-27(35)15-5-6-15)31-25-23(19)33-26(24(28)29)34(25)22-4-2-3-10-39-22/h7-8,12-13,15,17,22,24H,2-6,9-11,14H2,1H3,(H2,30,31,32,35). The first-order valence-corrected chi connectivity index (χ1v) is 15.4. The van der Waals surface area contributed by atoms with Gasteiger partial charge in [-0.1, -0.05) is 6.07 Å². The number of sulfone groups is 1. The molecule has 4 heterocycles. The minimum absolute atomic E-state index is 0.0644. The number of anilines is 3. The second-order valence-electron chi connectivity index (χ2n) is 10.7. The molecule has 3 aliphatic rings. The van der Waals surface area contributed by atoms with Crippen LogP contribution < -0.4 is 10.6 Å². The average molecular weight is 576 g/mol. The summed E-state index contributed by atoms with van der Waals surface area (Å²) in [5, 5.41) is 5.91. The molecule has 0 radical (unpaired) electrons. The van der Waals surface area contributed by atoms with E-state index < -0.39 is 28.3 Å². The third kappa shape index (κ3) is 5.41. The van der Waals surface area contributed by atoms with E-state index in [9.17, 15) is 22.0 Å². The molecule has 3 aromatic rings. The van der Waals surface area contributed by atoms with Gasteiger partial charge in [0.1, 0.15) is 17.6 Å². The van der Waals surface area contributed by atoms with E-state index in [0.29, 0.717) is 26.2 Å². The Morgan fingerprint density at radius 2 is 1.90 bits per heavy atom. The van der Waals surface area contributed by atoms with Gasteiger partial charge < -0.3 is 20.1 Å². The summed E-state index contributed by atoms with van der Waals surface area (Å²) in [6, 6.07) is 6.63. The molecule has 1 aromatic carbocycles. The summed E-state index contributed by atoms with van der Waals surface area (Å²) < 4.78 is 66.8. The highest BCUT2D eigenvalue weighted by Gasteiger charge is 2.32. The van der Waals surface area contributed by atoms with Gasteiger partial charge in [0.25, 0.3) is 6.43 Å². The molecule has 214 valence electrons. The molecule has 1 saturated carbocycles. The summed E-state index contributed by atoms with van der Waals surface area (Å²) in [4.78, 5) is 21.4. The van der Waals surface area contributed by atoms with Gasteiger partial charge in [0.15, 0.2) is 21.3 Å². The number of benzene rings is 1. The Morgan fingerprint density at radius 1 is 1.07 bits per heavy atom. The molecule has 2 aromatic heterocycles. The number of alkyl halides is 2. The Labute approximate surface area is 230 Å². The molecule has 1 aliphatic carbocycles. The van der Waals surface area contributed by atoms with E-state index in [1.165, 1.54) is 10.6 Å². The number of aromatic nitrogens is 3. The second kappa shape index (κ2) is 10.7. The molecular weight excluding hydrogens is 544 g/mol. The molecule has 0 bridgehead atoms. The van der Waals surface area contributed by atoms with E-state index in [1.54, 1.807) is 12.1 Å². The number of nitrogens with zero attached hydrogens (tertiary/aromatic N) is 3. The summed E-state index contributed by atoms with van der Waals surface area (Å²) in [5.41, 5.74) is 1.61. The van der Waals surface area contributed by atoms with Gasteiger partial charge in [0.2, 0.25) is 5.91 Å². The van der Waals surface area contributed by atoms with Gasteiger partial charge in [-0.3, -0.25) is 9.36 Å². The number of imidazole rings is 1. The van der Waals surface area contributed by atoms with Crippen molar-refractivity contribution in [2.24, 2.45) is 5.92 Å². The predicted molar refractivity (Wildman–Crippen MR) is 144 cm³/mol. The Balaban J connectivity index is 1.48. The number of hydrogen-bond donors (Lipinski definition) is 2. The Morgan fingerprint density at radius 3 is 2.55 bits per heavy atom. The van der Waals surface area contributed by atoms with Crippen molar-refractivity contribution in [2.75, 3.05) is 36.7 Å². The Bertz CT molecular complexity index is 1540. The second-order valence-corrected chi connectivity index (χ2v) is 12.7.